The topological polar surface area (TPSA) is 12.0 Å². The lowest BCUT2D eigenvalue weighted by atomic mass is 10.1. The van der Waals surface area contributed by atoms with Crippen molar-refractivity contribution in [3.05, 3.63) is 21.4 Å². The minimum atomic E-state index is 0.572. The summed E-state index contributed by atoms with van der Waals surface area (Å²) < 4.78 is 0. The van der Waals surface area contributed by atoms with E-state index in [0.717, 1.165) is 6.54 Å². The maximum Gasteiger partial charge on any atom is 0.0414 e. The van der Waals surface area contributed by atoms with Crippen LogP contribution in [-0.4, -0.2) is 6.54 Å². The molecule has 0 fully saturated rings. The van der Waals surface area contributed by atoms with Gasteiger partial charge in [0.25, 0.3) is 0 Å². The summed E-state index contributed by atoms with van der Waals surface area (Å²) in [6.45, 7) is 9.89. The summed E-state index contributed by atoms with van der Waals surface area (Å²) in [6, 6.07) is 2.91. The molecule has 1 atom stereocenters. The zero-order valence-corrected chi connectivity index (χ0v) is 10.5. The molecule has 1 aromatic rings. The average molecular weight is 211 g/mol. The summed E-state index contributed by atoms with van der Waals surface area (Å²) in [7, 11) is 0. The molecule has 0 aromatic carbocycles. The molecular weight excluding hydrogens is 190 g/mol. The van der Waals surface area contributed by atoms with Crippen LogP contribution in [0.5, 0.6) is 0 Å². The monoisotopic (exact) mass is 211 g/mol. The van der Waals surface area contributed by atoms with E-state index in [1.807, 2.05) is 11.3 Å². The van der Waals surface area contributed by atoms with Crippen molar-refractivity contribution in [1.29, 1.82) is 0 Å². The van der Waals surface area contributed by atoms with Crippen molar-refractivity contribution < 1.29 is 0 Å². The number of nitrogens with one attached hydrogen (secondary N) is 1. The first-order valence-electron chi connectivity index (χ1n) is 5.49. The largest absolute Gasteiger partial charge is 0.310 e. The first kappa shape index (κ1) is 11.7. The Bertz CT molecular complexity index is 252. The predicted molar refractivity (Wildman–Crippen MR) is 65.1 cm³/mol. The van der Waals surface area contributed by atoms with Gasteiger partial charge in [-0.3, -0.25) is 0 Å². The molecule has 0 radical (unpaired) electrons. The van der Waals surface area contributed by atoms with Crippen molar-refractivity contribution in [2.45, 2.75) is 46.6 Å². The van der Waals surface area contributed by atoms with Gasteiger partial charge in [-0.1, -0.05) is 20.3 Å². The van der Waals surface area contributed by atoms with Gasteiger partial charge in [-0.25, -0.2) is 0 Å². The molecule has 0 saturated heterocycles. The average Bonchev–Trinajstić information content (AvgIpc) is 2.47. The minimum Gasteiger partial charge on any atom is -0.310 e. The smallest absolute Gasteiger partial charge is 0.0414 e. The van der Waals surface area contributed by atoms with Crippen LogP contribution in [0.15, 0.2) is 6.07 Å². The molecule has 0 aliphatic heterocycles. The Balaban J connectivity index is 2.76. The zero-order chi connectivity index (χ0) is 10.6. The zero-order valence-electron chi connectivity index (χ0n) is 9.68. The summed E-state index contributed by atoms with van der Waals surface area (Å²) in [5, 5.41) is 3.55. The van der Waals surface area contributed by atoms with Crippen LogP contribution in [-0.2, 0) is 0 Å². The summed E-state index contributed by atoms with van der Waals surface area (Å²) in [4.78, 5) is 2.96. The molecule has 14 heavy (non-hydrogen) atoms. The van der Waals surface area contributed by atoms with Gasteiger partial charge in [0.05, 0.1) is 0 Å². The van der Waals surface area contributed by atoms with Gasteiger partial charge >= 0.3 is 0 Å². The van der Waals surface area contributed by atoms with Gasteiger partial charge in [0, 0.05) is 15.8 Å². The van der Waals surface area contributed by atoms with Crippen LogP contribution in [0, 0.1) is 13.8 Å². The minimum absolute atomic E-state index is 0.572. The highest BCUT2D eigenvalue weighted by Gasteiger charge is 2.12. The van der Waals surface area contributed by atoms with Gasteiger partial charge in [0.15, 0.2) is 0 Å². The van der Waals surface area contributed by atoms with Crippen LogP contribution in [0.25, 0.3) is 0 Å². The van der Waals surface area contributed by atoms with E-state index in [0.29, 0.717) is 6.04 Å². The van der Waals surface area contributed by atoms with Crippen molar-refractivity contribution in [3.8, 4) is 0 Å². The number of hydrogen-bond donors (Lipinski definition) is 1. The number of hydrogen-bond acceptors (Lipinski definition) is 2. The van der Waals surface area contributed by atoms with Crippen LogP contribution in [0.4, 0.5) is 0 Å². The third-order valence-corrected chi connectivity index (χ3v) is 3.82. The molecule has 0 aliphatic rings. The number of thiophene rings is 1. The summed E-state index contributed by atoms with van der Waals surface area (Å²) in [5.41, 5.74) is 1.43. The number of rotatable bonds is 5. The quantitative estimate of drug-likeness (QED) is 0.781. The SMILES string of the molecule is CCCC(NCC)c1cc(C)c(C)s1. The van der Waals surface area contributed by atoms with Gasteiger partial charge in [-0.2, -0.15) is 0 Å². The van der Waals surface area contributed by atoms with E-state index in [-0.39, 0.29) is 0 Å². The van der Waals surface area contributed by atoms with Crippen LogP contribution in [0.1, 0.15) is 48.0 Å². The third kappa shape index (κ3) is 2.82. The Morgan fingerprint density at radius 1 is 1.36 bits per heavy atom. The maximum absolute atomic E-state index is 3.55. The summed E-state index contributed by atoms with van der Waals surface area (Å²) in [5.74, 6) is 0. The van der Waals surface area contributed by atoms with E-state index in [9.17, 15) is 0 Å². The molecule has 1 N–H and O–H groups in total. The van der Waals surface area contributed by atoms with Crippen LogP contribution < -0.4 is 5.32 Å². The van der Waals surface area contributed by atoms with E-state index in [4.69, 9.17) is 0 Å². The van der Waals surface area contributed by atoms with Crippen LogP contribution in [0.2, 0.25) is 0 Å². The van der Waals surface area contributed by atoms with Crippen LogP contribution >= 0.6 is 11.3 Å². The fourth-order valence-electron chi connectivity index (χ4n) is 1.65. The second kappa shape index (κ2) is 5.52. The molecule has 1 rings (SSSR count). The Kier molecular flexibility index (Phi) is 4.63. The molecule has 0 aliphatic carbocycles. The van der Waals surface area contributed by atoms with Crippen LogP contribution in [0.3, 0.4) is 0 Å². The predicted octanol–water partition coefficient (Wildman–Crippen LogP) is 3.82. The lowest BCUT2D eigenvalue weighted by Crippen LogP contribution is -2.19. The van der Waals surface area contributed by atoms with Crippen molar-refractivity contribution in [2.24, 2.45) is 0 Å². The molecule has 1 aromatic heterocycles. The van der Waals surface area contributed by atoms with Gasteiger partial charge < -0.3 is 5.32 Å². The molecule has 0 bridgehead atoms. The fraction of sp³-hybridized carbons (Fsp3) is 0.667. The first-order chi connectivity index (χ1) is 6.69. The summed E-state index contributed by atoms with van der Waals surface area (Å²) in [6.07, 6.45) is 2.49. The Morgan fingerprint density at radius 2 is 2.07 bits per heavy atom. The van der Waals surface area contributed by atoms with Crippen molar-refractivity contribution >= 4 is 11.3 Å². The first-order valence-corrected chi connectivity index (χ1v) is 6.31. The van der Waals surface area contributed by atoms with Gasteiger partial charge in [0.2, 0.25) is 0 Å². The fourth-order valence-corrected chi connectivity index (χ4v) is 2.81. The lowest BCUT2D eigenvalue weighted by Gasteiger charge is -2.14. The highest BCUT2D eigenvalue weighted by atomic mass is 32.1. The standard InChI is InChI=1S/C12H21NS/c1-5-7-11(13-6-2)12-8-9(3)10(4)14-12/h8,11,13H,5-7H2,1-4H3. The number of aryl methyl sites for hydroxylation is 2. The van der Waals surface area contributed by atoms with E-state index in [2.05, 4.69) is 39.1 Å². The summed E-state index contributed by atoms with van der Waals surface area (Å²) >= 11 is 1.94. The van der Waals surface area contributed by atoms with Crippen molar-refractivity contribution in [2.75, 3.05) is 6.54 Å². The second-order valence-corrected chi connectivity index (χ2v) is 5.07. The van der Waals surface area contributed by atoms with Gasteiger partial charge in [-0.15, -0.1) is 11.3 Å². The van der Waals surface area contributed by atoms with Gasteiger partial charge in [-0.05, 0) is 38.4 Å². The molecule has 0 saturated carbocycles. The van der Waals surface area contributed by atoms with Crippen molar-refractivity contribution in [3.63, 3.8) is 0 Å². The molecule has 1 heterocycles. The van der Waals surface area contributed by atoms with Gasteiger partial charge in [0.1, 0.15) is 0 Å². The third-order valence-electron chi connectivity index (χ3n) is 2.56. The molecule has 1 nitrogen and oxygen atoms in total. The van der Waals surface area contributed by atoms with E-state index in [1.165, 1.54) is 28.2 Å². The molecular formula is C12H21NS. The molecule has 0 spiro atoms. The molecule has 1 unspecified atom stereocenters. The van der Waals surface area contributed by atoms with Crippen molar-refractivity contribution in [1.82, 2.24) is 5.32 Å². The second-order valence-electron chi connectivity index (χ2n) is 3.79. The van der Waals surface area contributed by atoms with E-state index in [1.54, 1.807) is 0 Å². The van der Waals surface area contributed by atoms with E-state index < -0.39 is 0 Å². The molecule has 2 heteroatoms. The molecule has 80 valence electrons. The Morgan fingerprint density at radius 3 is 2.50 bits per heavy atom. The Hall–Kier alpha value is -0.340. The molecule has 0 amide bonds. The highest BCUT2D eigenvalue weighted by Crippen LogP contribution is 2.28. The van der Waals surface area contributed by atoms with E-state index >= 15 is 0 Å². The normalized spacial score (nSPS) is 13.1. The maximum atomic E-state index is 3.55. The lowest BCUT2D eigenvalue weighted by molar-refractivity contribution is 0.516. The highest BCUT2D eigenvalue weighted by molar-refractivity contribution is 7.12. The Labute approximate surface area is 91.5 Å².